The van der Waals surface area contributed by atoms with Crippen LogP contribution in [0.1, 0.15) is 12.8 Å². The number of anilines is 5. The van der Waals surface area contributed by atoms with Gasteiger partial charge < -0.3 is 19.9 Å². The van der Waals surface area contributed by atoms with Crippen molar-refractivity contribution in [3.8, 4) is 5.88 Å². The number of rotatable bonds is 9. The molecule has 1 aromatic carbocycles. The summed E-state index contributed by atoms with van der Waals surface area (Å²) < 4.78 is 57.4. The Morgan fingerprint density at radius 3 is 2.27 bits per heavy atom. The predicted molar refractivity (Wildman–Crippen MR) is 172 cm³/mol. The number of likely N-dealkylation sites (N-methyl/N-ethyl adjacent to an activating group) is 1. The molecule has 238 valence electrons. The number of methoxy groups -OCH3 is 1. The first-order chi connectivity index (χ1) is 20.8. The Morgan fingerprint density at radius 1 is 0.955 bits per heavy atom. The van der Waals surface area contributed by atoms with Crippen LogP contribution < -0.4 is 19.3 Å². The van der Waals surface area contributed by atoms with Crippen LogP contribution in [0.25, 0.3) is 0 Å². The molecule has 0 amide bonds. The number of nitrogens with one attached hydrogen (secondary N) is 1. The van der Waals surface area contributed by atoms with Gasteiger partial charge in [-0.25, -0.2) is 26.1 Å². The van der Waals surface area contributed by atoms with Gasteiger partial charge in [0.15, 0.2) is 15.7 Å². The average Bonchev–Trinajstić information content (AvgIpc) is 2.98. The largest absolute Gasteiger partial charge is 0.479 e. The summed E-state index contributed by atoms with van der Waals surface area (Å²) in [5.41, 5.74) is 0.350. The minimum absolute atomic E-state index is 0.00993. The van der Waals surface area contributed by atoms with Gasteiger partial charge in [0.05, 0.1) is 30.1 Å². The molecule has 0 unspecified atom stereocenters. The van der Waals surface area contributed by atoms with Crippen LogP contribution in [-0.4, -0.2) is 114 Å². The Labute approximate surface area is 263 Å². The molecule has 2 saturated heterocycles. The van der Waals surface area contributed by atoms with Crippen LogP contribution in [0, 0.1) is 0 Å². The number of hydrogen-bond acceptors (Lipinski definition) is 12. The van der Waals surface area contributed by atoms with E-state index >= 15 is 0 Å². The molecular formula is C28H37ClN8O5S2. The molecule has 13 nitrogen and oxygen atoms in total. The Kier molecular flexibility index (Phi) is 9.51. The normalized spacial score (nSPS) is 17.4. The average molecular weight is 665 g/mol. The first-order valence-corrected chi connectivity index (χ1v) is 18.3. The zero-order valence-electron chi connectivity index (χ0n) is 25.1. The first kappa shape index (κ1) is 32.2. The van der Waals surface area contributed by atoms with E-state index in [0.29, 0.717) is 17.6 Å². The topological polar surface area (TPSA) is 141 Å². The van der Waals surface area contributed by atoms with Crippen LogP contribution in [-0.2, 0) is 19.9 Å². The van der Waals surface area contributed by atoms with Crippen molar-refractivity contribution in [2.24, 2.45) is 0 Å². The number of para-hydroxylation sites is 1. The third kappa shape index (κ3) is 7.18. The van der Waals surface area contributed by atoms with E-state index in [-0.39, 0.29) is 27.4 Å². The highest BCUT2D eigenvalue weighted by molar-refractivity contribution is 7.93. The van der Waals surface area contributed by atoms with Crippen molar-refractivity contribution in [2.45, 2.75) is 23.8 Å². The van der Waals surface area contributed by atoms with Crippen LogP contribution in [0.15, 0.2) is 47.5 Å². The molecule has 3 aromatic rings. The van der Waals surface area contributed by atoms with Crippen molar-refractivity contribution in [3.05, 3.63) is 47.6 Å². The van der Waals surface area contributed by atoms with Crippen molar-refractivity contribution < 1.29 is 21.6 Å². The molecule has 1 N–H and O–H groups in total. The minimum Gasteiger partial charge on any atom is -0.479 e. The summed E-state index contributed by atoms with van der Waals surface area (Å²) in [4.78, 5) is 20.3. The van der Waals surface area contributed by atoms with Crippen LogP contribution >= 0.6 is 11.6 Å². The number of halogens is 1. The molecule has 4 heterocycles. The van der Waals surface area contributed by atoms with E-state index in [1.165, 1.54) is 37.6 Å². The van der Waals surface area contributed by atoms with Gasteiger partial charge in [-0.15, -0.1) is 0 Å². The summed E-state index contributed by atoms with van der Waals surface area (Å²) in [5, 5.41) is 2.95. The number of nitrogens with zero attached hydrogens (tertiary/aromatic N) is 7. The van der Waals surface area contributed by atoms with E-state index in [1.807, 2.05) is 6.07 Å². The van der Waals surface area contributed by atoms with Gasteiger partial charge in [-0.05, 0) is 44.2 Å². The van der Waals surface area contributed by atoms with Crippen molar-refractivity contribution in [2.75, 3.05) is 80.5 Å². The van der Waals surface area contributed by atoms with Gasteiger partial charge in [0, 0.05) is 51.6 Å². The number of piperidine rings is 1. The van der Waals surface area contributed by atoms with E-state index in [4.69, 9.17) is 21.3 Å². The van der Waals surface area contributed by atoms with E-state index in [1.54, 1.807) is 6.07 Å². The fraction of sp³-hybridized carbons (Fsp3) is 0.464. The summed E-state index contributed by atoms with van der Waals surface area (Å²) in [5.74, 6) is 0.902. The van der Waals surface area contributed by atoms with Gasteiger partial charge in [-0.2, -0.15) is 9.97 Å². The molecule has 5 rings (SSSR count). The van der Waals surface area contributed by atoms with Gasteiger partial charge in [0.1, 0.15) is 16.5 Å². The lowest BCUT2D eigenvalue weighted by Crippen LogP contribution is -2.52. The predicted octanol–water partition coefficient (Wildman–Crippen LogP) is 2.99. The molecular weight excluding hydrogens is 628 g/mol. The molecule has 0 saturated carbocycles. The highest BCUT2D eigenvalue weighted by Gasteiger charge is 2.30. The lowest BCUT2D eigenvalue weighted by Gasteiger charge is -2.42. The van der Waals surface area contributed by atoms with Crippen molar-refractivity contribution in [1.29, 1.82) is 0 Å². The van der Waals surface area contributed by atoms with Gasteiger partial charge in [-0.1, -0.05) is 23.7 Å². The van der Waals surface area contributed by atoms with Crippen LogP contribution in [0.2, 0.25) is 5.02 Å². The maximum Gasteiger partial charge on any atom is 0.239 e. The van der Waals surface area contributed by atoms with E-state index < -0.39 is 19.9 Å². The maximum atomic E-state index is 13.0. The van der Waals surface area contributed by atoms with E-state index in [9.17, 15) is 16.8 Å². The quantitative estimate of drug-likeness (QED) is 0.359. The lowest BCUT2D eigenvalue weighted by atomic mass is 10.0. The van der Waals surface area contributed by atoms with Crippen molar-refractivity contribution in [3.63, 3.8) is 0 Å². The Balaban J connectivity index is 1.37. The highest BCUT2D eigenvalue weighted by Crippen LogP contribution is 2.37. The zero-order valence-corrected chi connectivity index (χ0v) is 27.5. The molecule has 44 heavy (non-hydrogen) atoms. The Bertz CT molecular complexity index is 1710. The number of aromatic nitrogens is 3. The van der Waals surface area contributed by atoms with E-state index in [2.05, 4.69) is 37.0 Å². The van der Waals surface area contributed by atoms with Crippen LogP contribution in [0.4, 0.5) is 29.0 Å². The zero-order chi connectivity index (χ0) is 31.6. The number of piperazine rings is 1. The number of pyridine rings is 1. The SMILES string of the molecule is COc1nc(N2CCC(N3CCN(C)CC3)CC2)ccc1Nc1ncc(Cl)c(N(c2ccccc2S(C)(=O)=O)S(C)(=O)=O)n1. The number of benzene rings is 1. The monoisotopic (exact) mass is 664 g/mol. The minimum atomic E-state index is -4.09. The van der Waals surface area contributed by atoms with Gasteiger partial charge in [0.25, 0.3) is 0 Å². The second kappa shape index (κ2) is 13.0. The number of sulfonamides is 1. The molecule has 0 atom stereocenters. The summed E-state index contributed by atoms with van der Waals surface area (Å²) in [6, 6.07) is 10.0. The molecule has 2 fully saturated rings. The second-order valence-corrected chi connectivity index (χ2v) is 15.3. The molecule has 2 aliphatic rings. The van der Waals surface area contributed by atoms with Crippen molar-refractivity contribution >= 4 is 60.4 Å². The number of ether oxygens (including phenoxy) is 1. The molecule has 0 spiro atoms. The summed E-state index contributed by atoms with van der Waals surface area (Å²) >= 11 is 6.39. The highest BCUT2D eigenvalue weighted by atomic mass is 35.5. The third-order valence-corrected chi connectivity index (χ3v) is 10.3. The summed E-state index contributed by atoms with van der Waals surface area (Å²) in [6.07, 6.45) is 5.31. The molecule has 0 bridgehead atoms. The maximum absolute atomic E-state index is 13.0. The summed E-state index contributed by atoms with van der Waals surface area (Å²) in [6.45, 7) is 6.20. The number of hydrogen-bond donors (Lipinski definition) is 1. The van der Waals surface area contributed by atoms with Crippen LogP contribution in [0.5, 0.6) is 5.88 Å². The first-order valence-electron chi connectivity index (χ1n) is 14.2. The molecule has 16 heteroatoms. The van der Waals surface area contributed by atoms with Gasteiger partial charge in [0.2, 0.25) is 21.9 Å². The fourth-order valence-electron chi connectivity index (χ4n) is 5.57. The summed E-state index contributed by atoms with van der Waals surface area (Å²) in [7, 11) is -4.20. The molecule has 0 radical (unpaired) electrons. The third-order valence-electron chi connectivity index (χ3n) is 7.86. The molecule has 0 aliphatic carbocycles. The second-order valence-electron chi connectivity index (χ2n) is 11.0. The van der Waals surface area contributed by atoms with E-state index in [0.717, 1.165) is 74.7 Å². The fourth-order valence-corrected chi connectivity index (χ4v) is 7.69. The van der Waals surface area contributed by atoms with Gasteiger partial charge in [-0.3, -0.25) is 4.90 Å². The lowest BCUT2D eigenvalue weighted by molar-refractivity contribution is 0.0981. The standard InChI is InChI=1S/C28H37ClN8O5S2/c1-34-15-17-35(18-16-34)20-11-13-36(14-12-20)25-10-9-22(27(32-25)42-2)31-28-30-19-21(29)26(33-28)37(44(4,40)41)23-7-5-6-8-24(23)43(3,38)39/h5-10,19-20H,11-18H2,1-4H3,(H,30,31,33). The Hall–Kier alpha value is -3.24. The van der Waals surface area contributed by atoms with Crippen molar-refractivity contribution in [1.82, 2.24) is 24.8 Å². The molecule has 2 aromatic heterocycles. The Morgan fingerprint density at radius 2 is 1.64 bits per heavy atom. The van der Waals surface area contributed by atoms with Crippen LogP contribution in [0.3, 0.4) is 0 Å². The smallest absolute Gasteiger partial charge is 0.239 e. The van der Waals surface area contributed by atoms with Gasteiger partial charge >= 0.3 is 0 Å². The molecule has 2 aliphatic heterocycles. The number of sulfone groups is 1.